The van der Waals surface area contributed by atoms with Crippen molar-refractivity contribution >= 4 is 18.0 Å². The predicted molar refractivity (Wildman–Crippen MR) is 51.1 cm³/mol. The summed E-state index contributed by atoms with van der Waals surface area (Å²) in [4.78, 5) is 36.2. The number of hydrogen-bond acceptors (Lipinski definition) is 6. The zero-order valence-electron chi connectivity index (χ0n) is 8.76. The van der Waals surface area contributed by atoms with E-state index < -0.39 is 24.1 Å². The Morgan fingerprint density at radius 1 is 1.44 bits per heavy atom. The van der Waals surface area contributed by atoms with Gasteiger partial charge < -0.3 is 20.4 Å². The van der Waals surface area contributed by atoms with E-state index in [-0.39, 0.29) is 19.4 Å². The first-order valence-corrected chi connectivity index (χ1v) is 4.58. The van der Waals surface area contributed by atoms with E-state index in [9.17, 15) is 14.4 Å². The molecule has 0 unspecified atom stereocenters. The summed E-state index contributed by atoms with van der Waals surface area (Å²) in [6.07, 6.45) is -1.17. The molecule has 0 aromatic carbocycles. The number of carbonyl (C=O) groups is 3. The van der Waals surface area contributed by atoms with Crippen molar-refractivity contribution in [2.75, 3.05) is 6.61 Å². The number of aliphatic carboxylic acids is 1. The Hall–Kier alpha value is -1.83. The fourth-order valence-corrected chi connectivity index (χ4v) is 0.707. The molecule has 0 radical (unpaired) electrons. The minimum atomic E-state index is -1.20. The van der Waals surface area contributed by atoms with Crippen molar-refractivity contribution in [1.29, 1.82) is 0 Å². The fourth-order valence-electron chi connectivity index (χ4n) is 0.707. The average molecular weight is 234 g/mol. The molecule has 8 heteroatoms. The molecule has 8 nitrogen and oxygen atoms in total. The molecule has 0 heterocycles. The molecule has 0 fully saturated rings. The molecule has 0 saturated carbocycles. The normalized spacial score (nSPS) is 11.4. The van der Waals surface area contributed by atoms with Crippen LogP contribution in [0.2, 0.25) is 0 Å². The topological polar surface area (TPSA) is 128 Å². The molecule has 0 aliphatic rings. The monoisotopic (exact) mass is 234 g/mol. The lowest BCUT2D eigenvalue weighted by Gasteiger charge is -2.07. The lowest BCUT2D eigenvalue weighted by Crippen LogP contribution is -2.32. The summed E-state index contributed by atoms with van der Waals surface area (Å²) < 4.78 is 4.41. The van der Waals surface area contributed by atoms with E-state index in [1.807, 2.05) is 0 Å². The van der Waals surface area contributed by atoms with Gasteiger partial charge in [0.25, 0.3) is 0 Å². The SMILES string of the molecule is CCOC(=O)NOC(=O)CC[C@H](N)C(=O)O. The minimum absolute atomic E-state index is 0.0708. The Morgan fingerprint density at radius 2 is 2.06 bits per heavy atom. The van der Waals surface area contributed by atoms with Crippen LogP contribution in [-0.4, -0.2) is 35.8 Å². The van der Waals surface area contributed by atoms with Gasteiger partial charge in [0.2, 0.25) is 0 Å². The van der Waals surface area contributed by atoms with Gasteiger partial charge in [-0.25, -0.2) is 9.59 Å². The average Bonchev–Trinajstić information content (AvgIpc) is 2.23. The highest BCUT2D eigenvalue weighted by Gasteiger charge is 2.15. The quantitative estimate of drug-likeness (QED) is 0.541. The predicted octanol–water partition coefficient (Wildman–Crippen LogP) is -0.617. The first kappa shape index (κ1) is 14.2. The van der Waals surface area contributed by atoms with Gasteiger partial charge in [0.15, 0.2) is 0 Å². The molecule has 1 atom stereocenters. The maximum atomic E-state index is 10.9. The Morgan fingerprint density at radius 3 is 2.56 bits per heavy atom. The maximum Gasteiger partial charge on any atom is 0.440 e. The van der Waals surface area contributed by atoms with Crippen LogP contribution in [0.25, 0.3) is 0 Å². The maximum absolute atomic E-state index is 10.9. The van der Waals surface area contributed by atoms with E-state index in [0.29, 0.717) is 0 Å². The van der Waals surface area contributed by atoms with Crippen molar-refractivity contribution in [3.63, 3.8) is 0 Å². The van der Waals surface area contributed by atoms with Crippen LogP contribution in [0.3, 0.4) is 0 Å². The Balaban J connectivity index is 3.67. The molecule has 1 amide bonds. The van der Waals surface area contributed by atoms with E-state index in [4.69, 9.17) is 10.8 Å². The second kappa shape index (κ2) is 7.46. The number of rotatable bonds is 5. The standard InChI is InChI=1S/C8H14N2O6/c1-2-15-8(14)10-16-6(11)4-3-5(9)7(12)13/h5H,2-4,9H2,1H3,(H,10,14)(H,12,13)/t5-/m0/s1. The summed E-state index contributed by atoms with van der Waals surface area (Å²) in [6, 6.07) is -1.13. The summed E-state index contributed by atoms with van der Waals surface area (Å²) in [5, 5.41) is 8.42. The fraction of sp³-hybridized carbons (Fsp3) is 0.625. The summed E-state index contributed by atoms with van der Waals surface area (Å²) in [5.41, 5.74) is 6.89. The summed E-state index contributed by atoms with van der Waals surface area (Å²) in [5.74, 6) is -1.99. The third-order valence-electron chi connectivity index (χ3n) is 1.50. The van der Waals surface area contributed by atoms with Crippen molar-refractivity contribution in [3.8, 4) is 0 Å². The number of nitrogens with one attached hydrogen (secondary N) is 1. The molecule has 4 N–H and O–H groups in total. The zero-order valence-corrected chi connectivity index (χ0v) is 8.76. The van der Waals surface area contributed by atoms with Crippen molar-refractivity contribution in [3.05, 3.63) is 0 Å². The number of ether oxygens (including phenoxy) is 1. The number of hydroxylamine groups is 1. The van der Waals surface area contributed by atoms with Gasteiger partial charge in [-0.05, 0) is 13.3 Å². The lowest BCUT2D eigenvalue weighted by molar-refractivity contribution is -0.150. The summed E-state index contributed by atoms with van der Waals surface area (Å²) in [7, 11) is 0. The van der Waals surface area contributed by atoms with Crippen LogP contribution in [0, 0.1) is 0 Å². The van der Waals surface area contributed by atoms with Crippen LogP contribution in [0.15, 0.2) is 0 Å². The first-order valence-electron chi connectivity index (χ1n) is 4.58. The van der Waals surface area contributed by atoms with E-state index in [1.165, 1.54) is 0 Å². The van der Waals surface area contributed by atoms with Crippen LogP contribution in [0.5, 0.6) is 0 Å². The first-order chi connectivity index (χ1) is 7.47. The number of hydrogen-bond donors (Lipinski definition) is 3. The van der Waals surface area contributed by atoms with E-state index in [1.54, 1.807) is 12.4 Å². The highest BCUT2D eigenvalue weighted by Crippen LogP contribution is 1.96. The second-order valence-electron chi connectivity index (χ2n) is 2.78. The number of nitrogens with two attached hydrogens (primary N) is 1. The van der Waals surface area contributed by atoms with Crippen LogP contribution < -0.4 is 11.2 Å². The molecular weight excluding hydrogens is 220 g/mol. The second-order valence-corrected chi connectivity index (χ2v) is 2.78. The van der Waals surface area contributed by atoms with E-state index >= 15 is 0 Å². The van der Waals surface area contributed by atoms with Gasteiger partial charge in [0.1, 0.15) is 6.04 Å². The van der Waals surface area contributed by atoms with Crippen LogP contribution in [0.1, 0.15) is 19.8 Å². The molecule has 16 heavy (non-hydrogen) atoms. The number of amides is 1. The van der Waals surface area contributed by atoms with Crippen molar-refractivity contribution in [2.24, 2.45) is 5.73 Å². The molecule has 0 aromatic heterocycles. The van der Waals surface area contributed by atoms with Gasteiger partial charge in [-0.2, -0.15) is 0 Å². The smallest absolute Gasteiger partial charge is 0.440 e. The van der Waals surface area contributed by atoms with Crippen molar-refractivity contribution < 1.29 is 29.1 Å². The van der Waals surface area contributed by atoms with Crippen molar-refractivity contribution in [2.45, 2.75) is 25.8 Å². The molecule has 92 valence electrons. The molecule has 0 aromatic rings. The highest BCUT2D eigenvalue weighted by molar-refractivity contribution is 5.76. The third-order valence-corrected chi connectivity index (χ3v) is 1.50. The Bertz CT molecular complexity index is 267. The van der Waals surface area contributed by atoms with Crippen molar-refractivity contribution in [1.82, 2.24) is 5.48 Å². The number of carboxylic acid groups (broad SMARTS) is 1. The van der Waals surface area contributed by atoms with E-state index in [0.717, 1.165) is 0 Å². The lowest BCUT2D eigenvalue weighted by atomic mass is 10.2. The summed E-state index contributed by atoms with van der Waals surface area (Å²) >= 11 is 0. The Labute approximate surface area is 91.6 Å². The van der Waals surface area contributed by atoms with Crippen LogP contribution in [-0.2, 0) is 19.2 Å². The van der Waals surface area contributed by atoms with Gasteiger partial charge in [-0.3, -0.25) is 4.79 Å². The van der Waals surface area contributed by atoms with Crippen LogP contribution in [0.4, 0.5) is 4.79 Å². The van der Waals surface area contributed by atoms with Gasteiger partial charge in [-0.15, -0.1) is 5.48 Å². The molecule has 0 rings (SSSR count). The van der Waals surface area contributed by atoms with Gasteiger partial charge >= 0.3 is 18.0 Å². The number of carbonyl (C=O) groups excluding carboxylic acids is 2. The van der Waals surface area contributed by atoms with Gasteiger partial charge in [0, 0.05) is 0 Å². The largest absolute Gasteiger partial charge is 0.480 e. The highest BCUT2D eigenvalue weighted by atomic mass is 16.7. The Kier molecular flexibility index (Phi) is 6.61. The molecule has 0 saturated heterocycles. The number of carboxylic acids is 1. The molecule has 0 aliphatic heterocycles. The molecule has 0 aliphatic carbocycles. The van der Waals surface area contributed by atoms with Gasteiger partial charge in [0.05, 0.1) is 13.0 Å². The molecule has 0 bridgehead atoms. The van der Waals surface area contributed by atoms with E-state index in [2.05, 4.69) is 9.57 Å². The van der Waals surface area contributed by atoms with Crippen LogP contribution >= 0.6 is 0 Å². The minimum Gasteiger partial charge on any atom is -0.480 e. The zero-order chi connectivity index (χ0) is 12.6. The third kappa shape index (κ3) is 6.60. The van der Waals surface area contributed by atoms with Gasteiger partial charge in [-0.1, -0.05) is 0 Å². The molecular formula is C8H14N2O6. The molecule has 0 spiro atoms. The summed E-state index contributed by atoms with van der Waals surface area (Å²) in [6.45, 7) is 1.74.